The normalized spacial score (nSPS) is 16.9. The maximum Gasteiger partial charge on any atom is 0.253 e. The molecule has 1 aromatic rings. The molecule has 0 aromatic carbocycles. The van der Waals surface area contributed by atoms with E-state index in [1.54, 1.807) is 12.3 Å². The lowest BCUT2D eigenvalue weighted by Crippen LogP contribution is -2.44. The summed E-state index contributed by atoms with van der Waals surface area (Å²) in [6.45, 7) is 5.53. The molecule has 1 saturated heterocycles. The Bertz CT molecular complexity index is 424. The summed E-state index contributed by atoms with van der Waals surface area (Å²) in [4.78, 5) is 18.8. The van der Waals surface area contributed by atoms with Crippen molar-refractivity contribution < 1.29 is 4.79 Å². The van der Waals surface area contributed by atoms with Crippen LogP contribution in [0.2, 0.25) is 0 Å². The first-order valence-corrected chi connectivity index (χ1v) is 7.40. The third-order valence-corrected chi connectivity index (χ3v) is 3.74. The fraction of sp³-hybridized carbons (Fsp3) is 0.600. The van der Waals surface area contributed by atoms with Crippen molar-refractivity contribution in [3.63, 3.8) is 0 Å². The summed E-state index contributed by atoms with van der Waals surface area (Å²) < 4.78 is 0. The number of nitrogens with one attached hydrogen (secondary N) is 2. The first kappa shape index (κ1) is 14.8. The van der Waals surface area contributed by atoms with Crippen LogP contribution in [0, 0.1) is 0 Å². The van der Waals surface area contributed by atoms with Crippen molar-refractivity contribution in [2.75, 3.05) is 32.0 Å². The molecule has 0 atom stereocenters. The van der Waals surface area contributed by atoms with Gasteiger partial charge in [-0.1, -0.05) is 6.92 Å². The number of aromatic nitrogens is 1. The maximum absolute atomic E-state index is 12.1. The van der Waals surface area contributed by atoms with Gasteiger partial charge in [-0.2, -0.15) is 0 Å². The number of amides is 1. The van der Waals surface area contributed by atoms with Gasteiger partial charge >= 0.3 is 0 Å². The largest absolute Gasteiger partial charge is 0.373 e. The summed E-state index contributed by atoms with van der Waals surface area (Å²) in [7, 11) is 1.81. The van der Waals surface area contributed by atoms with E-state index in [0.29, 0.717) is 11.6 Å². The molecule has 20 heavy (non-hydrogen) atoms. The number of anilines is 1. The Hall–Kier alpha value is -1.62. The Balaban J connectivity index is 1.82. The van der Waals surface area contributed by atoms with Crippen LogP contribution in [0.3, 0.4) is 0 Å². The molecule has 1 aliphatic rings. The number of carbonyl (C=O) groups is 1. The van der Waals surface area contributed by atoms with Gasteiger partial charge in [0.15, 0.2) is 0 Å². The van der Waals surface area contributed by atoms with Gasteiger partial charge in [0.2, 0.25) is 0 Å². The number of hydrogen-bond acceptors (Lipinski definition) is 4. The average Bonchev–Trinajstić information content (AvgIpc) is 2.49. The lowest BCUT2D eigenvalue weighted by atomic mass is 10.0. The molecule has 2 N–H and O–H groups in total. The minimum atomic E-state index is -0.0194. The molecular formula is C15H24N4O. The van der Waals surface area contributed by atoms with E-state index in [1.807, 2.05) is 13.1 Å². The Morgan fingerprint density at radius 2 is 2.15 bits per heavy atom. The van der Waals surface area contributed by atoms with Gasteiger partial charge in [0.05, 0.1) is 5.56 Å². The number of rotatable bonds is 5. The van der Waals surface area contributed by atoms with E-state index in [4.69, 9.17) is 0 Å². The standard InChI is InChI=1S/C15H24N4O/c1-3-8-19-9-6-13(7-10-19)18-15(20)12-4-5-14(16-2)17-11-12/h4-5,11,13H,3,6-10H2,1-2H3,(H,16,17)(H,18,20). The van der Waals surface area contributed by atoms with Crippen LogP contribution < -0.4 is 10.6 Å². The van der Waals surface area contributed by atoms with Crippen LogP contribution in [-0.2, 0) is 0 Å². The quantitative estimate of drug-likeness (QED) is 0.860. The zero-order chi connectivity index (χ0) is 14.4. The molecule has 1 amide bonds. The molecule has 5 heteroatoms. The van der Waals surface area contributed by atoms with Crippen molar-refractivity contribution >= 4 is 11.7 Å². The van der Waals surface area contributed by atoms with Crippen molar-refractivity contribution in [1.29, 1.82) is 0 Å². The number of hydrogen-bond donors (Lipinski definition) is 2. The van der Waals surface area contributed by atoms with Crippen molar-refractivity contribution in [1.82, 2.24) is 15.2 Å². The lowest BCUT2D eigenvalue weighted by Gasteiger charge is -2.32. The number of carbonyl (C=O) groups excluding carboxylic acids is 1. The Morgan fingerprint density at radius 3 is 2.70 bits per heavy atom. The van der Waals surface area contributed by atoms with Crippen LogP contribution in [0.1, 0.15) is 36.5 Å². The molecule has 0 unspecified atom stereocenters. The number of piperidine rings is 1. The van der Waals surface area contributed by atoms with E-state index in [1.165, 1.54) is 6.42 Å². The van der Waals surface area contributed by atoms with Crippen LogP contribution in [0.15, 0.2) is 18.3 Å². The van der Waals surface area contributed by atoms with Gasteiger partial charge in [0.1, 0.15) is 5.82 Å². The van der Waals surface area contributed by atoms with Crippen LogP contribution in [0.25, 0.3) is 0 Å². The highest BCUT2D eigenvalue weighted by Gasteiger charge is 2.20. The molecule has 110 valence electrons. The predicted octanol–water partition coefficient (Wildman–Crippen LogP) is 1.73. The summed E-state index contributed by atoms with van der Waals surface area (Å²) in [5.74, 6) is 0.753. The summed E-state index contributed by atoms with van der Waals surface area (Å²) in [6.07, 6.45) is 4.88. The van der Waals surface area contributed by atoms with E-state index in [0.717, 1.165) is 38.3 Å². The molecule has 1 aliphatic heterocycles. The summed E-state index contributed by atoms with van der Waals surface area (Å²) in [5.41, 5.74) is 0.625. The second-order valence-electron chi connectivity index (χ2n) is 5.27. The Kier molecular flexibility index (Phi) is 5.35. The fourth-order valence-electron chi connectivity index (χ4n) is 2.56. The molecule has 0 saturated carbocycles. The van der Waals surface area contributed by atoms with E-state index in [9.17, 15) is 4.79 Å². The molecule has 0 aliphatic carbocycles. The third-order valence-electron chi connectivity index (χ3n) is 3.74. The topological polar surface area (TPSA) is 57.3 Å². The second-order valence-corrected chi connectivity index (χ2v) is 5.27. The molecule has 2 rings (SSSR count). The van der Waals surface area contributed by atoms with E-state index < -0.39 is 0 Å². The van der Waals surface area contributed by atoms with Crippen molar-refractivity contribution in [2.24, 2.45) is 0 Å². The van der Waals surface area contributed by atoms with Gasteiger partial charge in [-0.3, -0.25) is 4.79 Å². The van der Waals surface area contributed by atoms with Crippen molar-refractivity contribution in [2.45, 2.75) is 32.2 Å². The minimum absolute atomic E-state index is 0.0194. The molecular weight excluding hydrogens is 252 g/mol. The van der Waals surface area contributed by atoms with Gasteiger partial charge in [-0.25, -0.2) is 4.98 Å². The smallest absolute Gasteiger partial charge is 0.253 e. The average molecular weight is 276 g/mol. The zero-order valence-corrected chi connectivity index (χ0v) is 12.4. The fourth-order valence-corrected chi connectivity index (χ4v) is 2.56. The Morgan fingerprint density at radius 1 is 1.40 bits per heavy atom. The van der Waals surface area contributed by atoms with Crippen molar-refractivity contribution in [3.8, 4) is 0 Å². The van der Waals surface area contributed by atoms with E-state index in [-0.39, 0.29) is 5.91 Å². The molecule has 1 aromatic heterocycles. The number of pyridine rings is 1. The summed E-state index contributed by atoms with van der Waals surface area (Å²) in [6, 6.07) is 3.92. The molecule has 0 bridgehead atoms. The van der Waals surface area contributed by atoms with Crippen LogP contribution in [0.5, 0.6) is 0 Å². The lowest BCUT2D eigenvalue weighted by molar-refractivity contribution is 0.0911. The zero-order valence-electron chi connectivity index (χ0n) is 12.4. The van der Waals surface area contributed by atoms with Gasteiger partial charge in [-0.15, -0.1) is 0 Å². The van der Waals surface area contributed by atoms with Crippen molar-refractivity contribution in [3.05, 3.63) is 23.9 Å². The molecule has 2 heterocycles. The molecule has 1 fully saturated rings. The van der Waals surface area contributed by atoms with Crippen LogP contribution in [0.4, 0.5) is 5.82 Å². The van der Waals surface area contributed by atoms with Gasteiger partial charge in [-0.05, 0) is 37.9 Å². The van der Waals surface area contributed by atoms with Gasteiger partial charge in [0.25, 0.3) is 5.91 Å². The number of likely N-dealkylation sites (tertiary alicyclic amines) is 1. The summed E-state index contributed by atoms with van der Waals surface area (Å²) >= 11 is 0. The highest BCUT2D eigenvalue weighted by atomic mass is 16.1. The minimum Gasteiger partial charge on any atom is -0.373 e. The number of nitrogens with zero attached hydrogens (tertiary/aromatic N) is 2. The van der Waals surface area contributed by atoms with Gasteiger partial charge < -0.3 is 15.5 Å². The Labute approximate surface area is 120 Å². The van der Waals surface area contributed by atoms with Crippen LogP contribution >= 0.6 is 0 Å². The molecule has 0 spiro atoms. The first-order valence-electron chi connectivity index (χ1n) is 7.40. The predicted molar refractivity (Wildman–Crippen MR) is 81.0 cm³/mol. The molecule has 5 nitrogen and oxygen atoms in total. The molecule has 0 radical (unpaired) electrons. The third kappa shape index (κ3) is 3.93. The van der Waals surface area contributed by atoms with Gasteiger partial charge in [0, 0.05) is 32.4 Å². The maximum atomic E-state index is 12.1. The SMILES string of the molecule is CCCN1CCC(NC(=O)c2ccc(NC)nc2)CC1. The first-order chi connectivity index (χ1) is 9.72. The van der Waals surface area contributed by atoms with E-state index in [2.05, 4.69) is 27.4 Å². The second kappa shape index (κ2) is 7.24. The highest BCUT2D eigenvalue weighted by molar-refractivity contribution is 5.94. The van der Waals surface area contributed by atoms with E-state index >= 15 is 0 Å². The monoisotopic (exact) mass is 276 g/mol. The summed E-state index contributed by atoms with van der Waals surface area (Å²) in [5, 5.41) is 6.05. The highest BCUT2D eigenvalue weighted by Crippen LogP contribution is 2.12. The van der Waals surface area contributed by atoms with Crippen LogP contribution in [-0.4, -0.2) is 48.5 Å².